The van der Waals surface area contributed by atoms with Gasteiger partial charge >= 0.3 is 0 Å². The third kappa shape index (κ3) is 5.38. The fourth-order valence-corrected chi connectivity index (χ4v) is 4.66. The number of halogens is 3. The van der Waals surface area contributed by atoms with Crippen LogP contribution in [-0.2, 0) is 0 Å². The van der Waals surface area contributed by atoms with Crippen LogP contribution in [0.5, 0.6) is 5.75 Å². The molecule has 0 spiro atoms. The summed E-state index contributed by atoms with van der Waals surface area (Å²) in [6, 6.07) is 18.2. The smallest absolute Gasteiger partial charge is 0.289 e. The highest BCUT2D eigenvalue weighted by Gasteiger charge is 2.28. The van der Waals surface area contributed by atoms with E-state index in [0.717, 1.165) is 11.4 Å². The summed E-state index contributed by atoms with van der Waals surface area (Å²) in [5, 5.41) is 8.19. The quantitative estimate of drug-likeness (QED) is 0.344. The zero-order valence-corrected chi connectivity index (χ0v) is 22.1. The summed E-state index contributed by atoms with van der Waals surface area (Å²) in [4.78, 5) is 20.0. The number of amides is 1. The summed E-state index contributed by atoms with van der Waals surface area (Å²) in [6.45, 7) is 2.59. The molecule has 1 aliphatic rings. The second kappa shape index (κ2) is 11.0. The van der Waals surface area contributed by atoms with Gasteiger partial charge in [0, 0.05) is 43.0 Å². The summed E-state index contributed by atoms with van der Waals surface area (Å²) < 4.78 is 7.36. The Morgan fingerprint density at radius 2 is 1.62 bits per heavy atom. The average Bonchev–Trinajstić information content (AvgIpc) is 3.30. The van der Waals surface area contributed by atoms with Crippen molar-refractivity contribution >= 4 is 46.5 Å². The number of nitrogens with one attached hydrogen (secondary N) is 1. The molecule has 1 amide bonds. The molecule has 1 fully saturated rings. The number of carbonyl (C=O) groups is 1. The second-order valence-corrected chi connectivity index (χ2v) is 9.63. The maximum atomic E-state index is 13.4. The molecule has 0 bridgehead atoms. The van der Waals surface area contributed by atoms with Gasteiger partial charge in [-0.15, -0.1) is 0 Å². The van der Waals surface area contributed by atoms with Crippen LogP contribution >= 0.6 is 34.8 Å². The van der Waals surface area contributed by atoms with Crippen molar-refractivity contribution in [3.05, 3.63) is 87.6 Å². The molecular weight excluding hydrogens is 535 g/mol. The highest BCUT2D eigenvalue weighted by atomic mass is 35.5. The predicted octanol–water partition coefficient (Wildman–Crippen LogP) is 5.37. The fraction of sp³-hybridized carbons (Fsp3) is 0.192. The third-order valence-electron chi connectivity index (χ3n) is 6.03. The first-order valence-electron chi connectivity index (χ1n) is 11.5. The van der Waals surface area contributed by atoms with Crippen LogP contribution in [0.4, 0.5) is 5.82 Å². The van der Waals surface area contributed by atoms with Gasteiger partial charge in [0.25, 0.3) is 5.91 Å². The first kappa shape index (κ1) is 25.4. The summed E-state index contributed by atoms with van der Waals surface area (Å²) in [6.07, 6.45) is 1.63. The minimum atomic E-state index is -0.379. The maximum absolute atomic E-state index is 13.4. The van der Waals surface area contributed by atoms with Crippen molar-refractivity contribution in [3.63, 3.8) is 0 Å². The molecule has 190 valence electrons. The van der Waals surface area contributed by atoms with E-state index in [1.165, 1.54) is 7.11 Å². The van der Waals surface area contributed by atoms with Gasteiger partial charge in [0.1, 0.15) is 11.5 Å². The Hall–Kier alpha value is -3.30. The highest BCUT2D eigenvalue weighted by Crippen LogP contribution is 2.37. The lowest BCUT2D eigenvalue weighted by molar-refractivity contribution is 0.0768. The van der Waals surface area contributed by atoms with E-state index in [0.29, 0.717) is 58.4 Å². The molecule has 0 saturated carbocycles. The van der Waals surface area contributed by atoms with Gasteiger partial charge in [-0.3, -0.25) is 10.2 Å². The predicted molar refractivity (Wildman–Crippen MR) is 146 cm³/mol. The van der Waals surface area contributed by atoms with E-state index in [-0.39, 0.29) is 11.6 Å². The van der Waals surface area contributed by atoms with Crippen LogP contribution in [-0.4, -0.2) is 59.0 Å². The normalized spacial score (nSPS) is 14.0. The lowest BCUT2D eigenvalue weighted by Crippen LogP contribution is -2.53. The van der Waals surface area contributed by atoms with E-state index in [1.54, 1.807) is 29.1 Å². The van der Waals surface area contributed by atoms with Crippen molar-refractivity contribution in [1.82, 2.24) is 25.2 Å². The number of aromatic nitrogens is 3. The molecule has 0 atom stereocenters. The first-order valence-corrected chi connectivity index (χ1v) is 12.7. The zero-order valence-electron chi connectivity index (χ0n) is 19.9. The molecule has 4 aromatic rings. The van der Waals surface area contributed by atoms with Gasteiger partial charge in [0.15, 0.2) is 11.4 Å². The van der Waals surface area contributed by atoms with E-state index in [2.05, 4.69) is 20.4 Å². The lowest BCUT2D eigenvalue weighted by atomic mass is 10.1. The van der Waals surface area contributed by atoms with E-state index >= 15 is 0 Å². The maximum Gasteiger partial charge on any atom is 0.289 e. The Morgan fingerprint density at radius 1 is 0.919 bits per heavy atom. The molecule has 0 unspecified atom stereocenters. The van der Waals surface area contributed by atoms with Crippen LogP contribution in [0.25, 0.3) is 16.9 Å². The van der Waals surface area contributed by atoms with Crippen LogP contribution in [0.3, 0.4) is 0 Å². The standard InChI is InChI=1S/C26H23Cl3N6O2/c1-37-25-23(26(36)32-34-14-12-33(13-15-34)22-11-10-19(28)16-30-22)31-35(21-5-3-2-4-20(21)29)24(25)17-6-8-18(27)9-7-17/h2-11,16H,12-15H2,1H3,(H,32,36). The number of hydrogen-bond donors (Lipinski definition) is 1. The molecule has 37 heavy (non-hydrogen) atoms. The van der Waals surface area contributed by atoms with Crippen LogP contribution < -0.4 is 15.1 Å². The molecule has 5 rings (SSSR count). The number of rotatable bonds is 6. The first-order chi connectivity index (χ1) is 17.9. The number of piperazine rings is 1. The number of methoxy groups -OCH3 is 1. The van der Waals surface area contributed by atoms with Crippen molar-refractivity contribution in [2.45, 2.75) is 0 Å². The van der Waals surface area contributed by atoms with Gasteiger partial charge in [-0.25, -0.2) is 14.7 Å². The molecule has 0 radical (unpaired) electrons. The number of nitrogens with zero attached hydrogens (tertiary/aromatic N) is 5. The Bertz CT molecular complexity index is 1400. The van der Waals surface area contributed by atoms with Crippen molar-refractivity contribution < 1.29 is 9.53 Å². The molecule has 1 saturated heterocycles. The number of para-hydroxylation sites is 1. The molecule has 11 heteroatoms. The Morgan fingerprint density at radius 3 is 2.27 bits per heavy atom. The number of benzene rings is 2. The van der Waals surface area contributed by atoms with Crippen molar-refractivity contribution in [2.24, 2.45) is 0 Å². The van der Waals surface area contributed by atoms with Crippen molar-refractivity contribution in [2.75, 3.05) is 38.2 Å². The van der Waals surface area contributed by atoms with E-state index < -0.39 is 0 Å². The summed E-state index contributed by atoms with van der Waals surface area (Å²) in [5.74, 6) is 0.808. The molecule has 1 aliphatic heterocycles. The van der Waals surface area contributed by atoms with Gasteiger partial charge in [-0.2, -0.15) is 5.10 Å². The van der Waals surface area contributed by atoms with Crippen LogP contribution in [0.2, 0.25) is 15.1 Å². The molecule has 8 nitrogen and oxygen atoms in total. The number of hydrogen-bond acceptors (Lipinski definition) is 6. The Kier molecular flexibility index (Phi) is 7.53. The number of anilines is 1. The van der Waals surface area contributed by atoms with Crippen molar-refractivity contribution in [1.29, 1.82) is 0 Å². The summed E-state index contributed by atoms with van der Waals surface area (Å²) in [7, 11) is 1.52. The van der Waals surface area contributed by atoms with Crippen LogP contribution in [0.1, 0.15) is 10.5 Å². The second-order valence-electron chi connectivity index (χ2n) is 8.35. The van der Waals surface area contributed by atoms with Crippen LogP contribution in [0, 0.1) is 0 Å². The monoisotopic (exact) mass is 556 g/mol. The number of pyridine rings is 1. The zero-order chi connectivity index (χ0) is 25.9. The highest BCUT2D eigenvalue weighted by molar-refractivity contribution is 6.32. The topological polar surface area (TPSA) is 75.5 Å². The Labute approximate surface area is 229 Å². The SMILES string of the molecule is COc1c(C(=O)NN2CCN(c3ccc(Cl)cn3)CC2)nn(-c2ccccc2Cl)c1-c1ccc(Cl)cc1. The Balaban J connectivity index is 1.42. The van der Waals surface area contributed by atoms with E-state index in [1.807, 2.05) is 47.5 Å². The number of hydrazine groups is 1. The van der Waals surface area contributed by atoms with Gasteiger partial charge in [-0.1, -0.05) is 59.1 Å². The summed E-state index contributed by atoms with van der Waals surface area (Å²) in [5.41, 5.74) is 5.11. The molecule has 2 aromatic carbocycles. The van der Waals surface area contributed by atoms with Gasteiger partial charge in [-0.05, 0) is 36.4 Å². The summed E-state index contributed by atoms with van der Waals surface area (Å²) >= 11 is 18.6. The van der Waals surface area contributed by atoms with Crippen LogP contribution in [0.15, 0.2) is 66.9 Å². The van der Waals surface area contributed by atoms with E-state index in [4.69, 9.17) is 39.5 Å². The van der Waals surface area contributed by atoms with Gasteiger partial charge in [0.05, 0.1) is 22.8 Å². The molecular formula is C26H23Cl3N6O2. The largest absolute Gasteiger partial charge is 0.492 e. The molecule has 0 aliphatic carbocycles. The third-order valence-corrected chi connectivity index (χ3v) is 6.83. The van der Waals surface area contributed by atoms with Gasteiger partial charge in [0.2, 0.25) is 0 Å². The van der Waals surface area contributed by atoms with Crippen molar-refractivity contribution in [3.8, 4) is 22.7 Å². The molecule has 3 heterocycles. The molecule has 1 N–H and O–H groups in total. The molecule has 2 aromatic heterocycles. The lowest BCUT2D eigenvalue weighted by Gasteiger charge is -2.35. The van der Waals surface area contributed by atoms with E-state index in [9.17, 15) is 4.79 Å². The minimum Gasteiger partial charge on any atom is -0.492 e. The number of ether oxygens (including phenoxy) is 1. The van der Waals surface area contributed by atoms with Gasteiger partial charge < -0.3 is 9.64 Å². The average molecular weight is 558 g/mol. The minimum absolute atomic E-state index is 0.147. The fourth-order valence-electron chi connectivity index (χ4n) is 4.20. The number of carbonyl (C=O) groups excluding carboxylic acids is 1.